The van der Waals surface area contributed by atoms with Gasteiger partial charge in [0.25, 0.3) is 0 Å². The Kier molecular flexibility index (Phi) is 3.87. The van der Waals surface area contributed by atoms with Gasteiger partial charge in [0.15, 0.2) is 0 Å². The summed E-state index contributed by atoms with van der Waals surface area (Å²) in [5, 5.41) is 8.21. The summed E-state index contributed by atoms with van der Waals surface area (Å²) in [6.45, 7) is 0.398. The van der Waals surface area contributed by atoms with Crippen molar-refractivity contribution < 1.29 is 8.42 Å². The maximum Gasteiger partial charge on any atom is 0.210 e. The van der Waals surface area contributed by atoms with Crippen molar-refractivity contribution in [3.8, 4) is 0 Å². The third-order valence-electron chi connectivity index (χ3n) is 2.99. The van der Waals surface area contributed by atoms with Crippen molar-refractivity contribution in [2.24, 2.45) is 5.14 Å². The van der Waals surface area contributed by atoms with Crippen LogP contribution in [0.25, 0.3) is 0 Å². The summed E-state index contributed by atoms with van der Waals surface area (Å²) < 4.78 is 22.8. The van der Waals surface area contributed by atoms with Gasteiger partial charge in [0.2, 0.25) is 10.0 Å². The molecule has 0 radical (unpaired) electrons. The molecule has 94 valence electrons. The highest BCUT2D eigenvalue weighted by molar-refractivity contribution is 9.10. The van der Waals surface area contributed by atoms with E-state index in [1.807, 2.05) is 12.1 Å². The van der Waals surface area contributed by atoms with E-state index < -0.39 is 10.0 Å². The highest BCUT2D eigenvalue weighted by Crippen LogP contribution is 2.35. The minimum Gasteiger partial charge on any atom is -0.309 e. The Morgan fingerprint density at radius 3 is 2.94 bits per heavy atom. The van der Waals surface area contributed by atoms with Crippen LogP contribution in [0.2, 0.25) is 0 Å². The number of fused-ring (bicyclic) bond motifs is 1. The van der Waals surface area contributed by atoms with Crippen LogP contribution in [-0.4, -0.2) is 20.7 Å². The number of halogens is 1. The molecule has 1 unspecified atom stereocenters. The van der Waals surface area contributed by atoms with Crippen molar-refractivity contribution in [1.82, 2.24) is 5.32 Å². The van der Waals surface area contributed by atoms with E-state index in [1.165, 1.54) is 11.1 Å². The molecule has 1 aromatic carbocycles. The minimum absolute atomic E-state index is 0.0210. The molecule has 0 bridgehead atoms. The smallest absolute Gasteiger partial charge is 0.210 e. The number of sulfonamides is 1. The van der Waals surface area contributed by atoms with Gasteiger partial charge in [-0.25, -0.2) is 13.6 Å². The molecular weight excluding hydrogens is 304 g/mol. The molecule has 0 saturated carbocycles. The molecule has 0 heterocycles. The molecule has 0 spiro atoms. The van der Waals surface area contributed by atoms with Crippen LogP contribution in [-0.2, 0) is 16.4 Å². The van der Waals surface area contributed by atoms with E-state index in [9.17, 15) is 8.42 Å². The molecule has 0 saturated heterocycles. The van der Waals surface area contributed by atoms with E-state index in [0.717, 1.165) is 17.3 Å². The minimum atomic E-state index is -3.37. The zero-order valence-electron chi connectivity index (χ0n) is 9.32. The molecule has 1 aromatic rings. The second-order valence-electron chi connectivity index (χ2n) is 4.22. The first-order chi connectivity index (χ1) is 7.97. The van der Waals surface area contributed by atoms with Gasteiger partial charge < -0.3 is 5.32 Å². The molecule has 0 amide bonds. The molecule has 1 aliphatic carbocycles. The third kappa shape index (κ3) is 3.28. The fourth-order valence-electron chi connectivity index (χ4n) is 2.20. The van der Waals surface area contributed by atoms with Crippen LogP contribution in [0.3, 0.4) is 0 Å². The monoisotopic (exact) mass is 318 g/mol. The van der Waals surface area contributed by atoms with Gasteiger partial charge in [-0.3, -0.25) is 0 Å². The van der Waals surface area contributed by atoms with Gasteiger partial charge in [-0.15, -0.1) is 0 Å². The van der Waals surface area contributed by atoms with E-state index >= 15 is 0 Å². The molecule has 1 atom stereocenters. The average molecular weight is 319 g/mol. The fourth-order valence-corrected chi connectivity index (χ4v) is 3.18. The van der Waals surface area contributed by atoms with Gasteiger partial charge in [0, 0.05) is 17.1 Å². The van der Waals surface area contributed by atoms with E-state index in [4.69, 9.17) is 5.14 Å². The predicted molar refractivity (Wildman–Crippen MR) is 71.2 cm³/mol. The van der Waals surface area contributed by atoms with Crippen molar-refractivity contribution in [2.75, 3.05) is 12.3 Å². The van der Waals surface area contributed by atoms with Gasteiger partial charge in [-0.05, 0) is 30.0 Å². The van der Waals surface area contributed by atoms with Crippen LogP contribution in [0.15, 0.2) is 22.7 Å². The SMILES string of the molecule is NS(=O)(=O)CCNC1CCc2c(Br)cccc21. The zero-order chi connectivity index (χ0) is 12.5. The lowest BCUT2D eigenvalue weighted by Crippen LogP contribution is -2.29. The quantitative estimate of drug-likeness (QED) is 0.879. The van der Waals surface area contributed by atoms with E-state index in [-0.39, 0.29) is 11.8 Å². The Morgan fingerprint density at radius 2 is 2.24 bits per heavy atom. The highest BCUT2D eigenvalue weighted by atomic mass is 79.9. The van der Waals surface area contributed by atoms with Crippen molar-refractivity contribution in [3.05, 3.63) is 33.8 Å². The summed E-state index contributed by atoms with van der Waals surface area (Å²) in [6, 6.07) is 6.36. The van der Waals surface area contributed by atoms with Gasteiger partial charge in [0.05, 0.1) is 5.75 Å². The Labute approximate surface area is 110 Å². The first-order valence-corrected chi connectivity index (χ1v) is 7.99. The van der Waals surface area contributed by atoms with Crippen LogP contribution >= 0.6 is 15.9 Å². The summed E-state index contributed by atoms with van der Waals surface area (Å²) in [5.74, 6) is -0.0210. The maximum atomic E-state index is 10.8. The van der Waals surface area contributed by atoms with Crippen molar-refractivity contribution in [2.45, 2.75) is 18.9 Å². The van der Waals surface area contributed by atoms with E-state index in [0.29, 0.717) is 6.54 Å². The summed E-state index contributed by atoms with van der Waals surface area (Å²) >= 11 is 3.53. The van der Waals surface area contributed by atoms with Crippen LogP contribution in [0.4, 0.5) is 0 Å². The molecule has 3 N–H and O–H groups in total. The van der Waals surface area contributed by atoms with Gasteiger partial charge in [-0.2, -0.15) is 0 Å². The first kappa shape index (κ1) is 13.0. The lowest BCUT2D eigenvalue weighted by molar-refractivity contribution is 0.542. The second-order valence-corrected chi connectivity index (χ2v) is 6.81. The Morgan fingerprint density at radius 1 is 1.47 bits per heavy atom. The number of benzene rings is 1. The molecule has 17 heavy (non-hydrogen) atoms. The molecule has 0 aliphatic heterocycles. The number of primary sulfonamides is 1. The molecule has 0 fully saturated rings. The number of hydrogen-bond donors (Lipinski definition) is 2. The summed E-state index contributed by atoms with van der Waals surface area (Å²) in [7, 11) is -3.37. The van der Waals surface area contributed by atoms with E-state index in [2.05, 4.69) is 27.3 Å². The Balaban J connectivity index is 2.01. The van der Waals surface area contributed by atoms with E-state index in [1.54, 1.807) is 0 Å². The summed E-state index contributed by atoms with van der Waals surface area (Å²) in [4.78, 5) is 0. The average Bonchev–Trinajstić information content (AvgIpc) is 2.61. The number of rotatable bonds is 4. The number of nitrogens with one attached hydrogen (secondary N) is 1. The molecular formula is C11H15BrN2O2S. The van der Waals surface area contributed by atoms with Crippen LogP contribution in [0.5, 0.6) is 0 Å². The molecule has 1 aliphatic rings. The standard InChI is InChI=1S/C11H15BrN2O2S/c12-10-3-1-2-9-8(10)4-5-11(9)14-6-7-17(13,15)16/h1-3,11,14H,4-7H2,(H2,13,15,16). The maximum absolute atomic E-state index is 10.8. The Hall–Kier alpha value is -0.430. The van der Waals surface area contributed by atoms with Gasteiger partial charge in [0.1, 0.15) is 0 Å². The van der Waals surface area contributed by atoms with Crippen molar-refractivity contribution in [1.29, 1.82) is 0 Å². The van der Waals surface area contributed by atoms with Crippen LogP contribution < -0.4 is 10.5 Å². The predicted octanol–water partition coefficient (Wildman–Crippen LogP) is 1.31. The molecule has 2 rings (SSSR count). The Bertz CT molecular complexity index is 516. The summed E-state index contributed by atoms with van der Waals surface area (Å²) in [6.07, 6.45) is 2.02. The van der Waals surface area contributed by atoms with Gasteiger partial charge in [-0.1, -0.05) is 28.1 Å². The van der Waals surface area contributed by atoms with Crippen LogP contribution in [0, 0.1) is 0 Å². The summed E-state index contributed by atoms with van der Waals surface area (Å²) in [5.41, 5.74) is 2.58. The molecule has 4 nitrogen and oxygen atoms in total. The number of hydrogen-bond acceptors (Lipinski definition) is 3. The number of nitrogens with two attached hydrogens (primary N) is 1. The normalized spacial score (nSPS) is 19.3. The third-order valence-corrected chi connectivity index (χ3v) is 4.51. The van der Waals surface area contributed by atoms with Crippen molar-refractivity contribution >= 4 is 26.0 Å². The lowest BCUT2D eigenvalue weighted by atomic mass is 10.1. The lowest BCUT2D eigenvalue weighted by Gasteiger charge is -2.13. The molecule has 0 aromatic heterocycles. The van der Waals surface area contributed by atoms with Crippen molar-refractivity contribution in [3.63, 3.8) is 0 Å². The second kappa shape index (κ2) is 5.06. The topological polar surface area (TPSA) is 72.2 Å². The van der Waals surface area contributed by atoms with Crippen LogP contribution in [0.1, 0.15) is 23.6 Å². The fraction of sp³-hybridized carbons (Fsp3) is 0.455. The van der Waals surface area contributed by atoms with Gasteiger partial charge >= 0.3 is 0 Å². The zero-order valence-corrected chi connectivity index (χ0v) is 11.7. The first-order valence-electron chi connectivity index (χ1n) is 5.48. The molecule has 6 heteroatoms. The largest absolute Gasteiger partial charge is 0.309 e. The highest BCUT2D eigenvalue weighted by Gasteiger charge is 2.23.